The Morgan fingerprint density at radius 1 is 1.35 bits per heavy atom. The number of benzene rings is 1. The first-order valence-electron chi connectivity index (χ1n) is 9.31. The van der Waals surface area contributed by atoms with Gasteiger partial charge in [0, 0.05) is 38.2 Å². The summed E-state index contributed by atoms with van der Waals surface area (Å²) in [6, 6.07) is 8.24. The molecule has 4 rings (SSSR count). The number of fused-ring (bicyclic) bond motifs is 1. The van der Waals surface area contributed by atoms with Crippen molar-refractivity contribution in [1.29, 1.82) is 0 Å². The first kappa shape index (κ1) is 19.4. The molecular weight excluding hydrogens is 441 g/mol. The Bertz CT molecular complexity index is 753. The van der Waals surface area contributed by atoms with Gasteiger partial charge in [-0.05, 0) is 31.9 Å². The van der Waals surface area contributed by atoms with Crippen molar-refractivity contribution in [3.8, 4) is 0 Å². The number of rotatable bonds is 4. The molecule has 1 unspecified atom stereocenters. The highest BCUT2D eigenvalue weighted by Crippen LogP contribution is 2.38. The molecule has 3 heterocycles. The molecule has 0 radical (unpaired) electrons. The molecule has 7 heteroatoms. The number of nitrogens with zero attached hydrogens (tertiary/aromatic N) is 4. The summed E-state index contributed by atoms with van der Waals surface area (Å²) in [7, 11) is 0. The third-order valence-corrected chi connectivity index (χ3v) is 5.39. The number of likely N-dealkylation sites (tertiary alicyclic amines) is 1. The average Bonchev–Trinajstić information content (AvgIpc) is 3.36. The summed E-state index contributed by atoms with van der Waals surface area (Å²) in [6.45, 7) is 8.58. The predicted octanol–water partition coefficient (Wildman–Crippen LogP) is 2.73. The van der Waals surface area contributed by atoms with Crippen molar-refractivity contribution in [3.05, 3.63) is 30.6 Å². The summed E-state index contributed by atoms with van der Waals surface area (Å²) >= 11 is 0. The van der Waals surface area contributed by atoms with E-state index in [2.05, 4.69) is 38.8 Å². The topological polar surface area (TPSA) is 54.7 Å². The van der Waals surface area contributed by atoms with E-state index in [1.54, 1.807) is 0 Å². The molecule has 2 aliphatic rings. The van der Waals surface area contributed by atoms with Crippen LogP contribution in [0.25, 0.3) is 11.0 Å². The third-order valence-electron chi connectivity index (χ3n) is 5.39. The highest BCUT2D eigenvalue weighted by molar-refractivity contribution is 14.0. The number of halogens is 1. The van der Waals surface area contributed by atoms with Gasteiger partial charge in [0.2, 0.25) is 0 Å². The van der Waals surface area contributed by atoms with Gasteiger partial charge in [-0.2, -0.15) is 0 Å². The highest BCUT2D eigenvalue weighted by Gasteiger charge is 2.42. The fraction of sp³-hybridized carbons (Fsp3) is 0.579. The van der Waals surface area contributed by atoms with Gasteiger partial charge in [0.25, 0.3) is 0 Å². The largest absolute Gasteiger partial charge is 0.381 e. The van der Waals surface area contributed by atoms with E-state index in [1.807, 2.05) is 18.5 Å². The lowest BCUT2D eigenvalue weighted by atomic mass is 9.87. The number of hydrogen-bond donors (Lipinski definition) is 1. The van der Waals surface area contributed by atoms with E-state index in [1.165, 1.54) is 18.4 Å². The molecule has 0 saturated carbocycles. The monoisotopic (exact) mass is 469 g/mol. The van der Waals surface area contributed by atoms with Crippen LogP contribution >= 0.6 is 24.0 Å². The molecule has 2 aliphatic heterocycles. The smallest absolute Gasteiger partial charge is 0.193 e. The number of aromatic nitrogens is 2. The van der Waals surface area contributed by atoms with Crippen LogP contribution in [-0.2, 0) is 11.3 Å². The van der Waals surface area contributed by atoms with Crippen LogP contribution in [0.3, 0.4) is 0 Å². The molecule has 0 bridgehead atoms. The average molecular weight is 469 g/mol. The molecule has 0 aliphatic carbocycles. The zero-order valence-electron chi connectivity index (χ0n) is 15.4. The number of nitrogens with one attached hydrogen (secondary N) is 1. The summed E-state index contributed by atoms with van der Waals surface area (Å²) in [5.41, 5.74) is 2.57. The van der Waals surface area contributed by atoms with Gasteiger partial charge in [0.15, 0.2) is 5.96 Å². The van der Waals surface area contributed by atoms with Crippen molar-refractivity contribution in [1.82, 2.24) is 19.8 Å². The van der Waals surface area contributed by atoms with Gasteiger partial charge in [-0.1, -0.05) is 12.1 Å². The van der Waals surface area contributed by atoms with Crippen molar-refractivity contribution in [2.45, 2.75) is 26.3 Å². The molecule has 1 N–H and O–H groups in total. The summed E-state index contributed by atoms with van der Waals surface area (Å²) in [4.78, 5) is 11.7. The molecule has 1 spiro atoms. The van der Waals surface area contributed by atoms with E-state index in [0.29, 0.717) is 5.41 Å². The van der Waals surface area contributed by atoms with Crippen LogP contribution in [0.5, 0.6) is 0 Å². The van der Waals surface area contributed by atoms with Crippen LogP contribution in [0.1, 0.15) is 19.8 Å². The predicted molar refractivity (Wildman–Crippen MR) is 115 cm³/mol. The summed E-state index contributed by atoms with van der Waals surface area (Å²) < 4.78 is 7.82. The molecule has 1 aromatic carbocycles. The van der Waals surface area contributed by atoms with E-state index in [4.69, 9.17) is 9.73 Å². The minimum Gasteiger partial charge on any atom is -0.381 e. The van der Waals surface area contributed by atoms with E-state index < -0.39 is 0 Å². The number of hydrogen-bond acceptors (Lipinski definition) is 3. The number of para-hydroxylation sites is 2. The Morgan fingerprint density at radius 3 is 3.04 bits per heavy atom. The second kappa shape index (κ2) is 8.56. The Hall–Kier alpha value is -1.35. The molecular formula is C19H28IN5O. The standard InChI is InChI=1S/C19H27N5O.HI/c1-2-20-18(23-10-7-19(13-23)8-12-25-14-19)21-9-11-24-15-22-16-5-3-4-6-17(16)24;/h3-6,15H,2,7-14H2,1H3,(H,20,21);1H. The maximum atomic E-state index is 5.64. The number of ether oxygens (including phenoxy) is 1. The summed E-state index contributed by atoms with van der Waals surface area (Å²) in [6.07, 6.45) is 4.31. The Labute approximate surface area is 172 Å². The fourth-order valence-corrected chi connectivity index (χ4v) is 3.97. The molecule has 1 atom stereocenters. The van der Waals surface area contributed by atoms with Gasteiger partial charge < -0.3 is 19.5 Å². The van der Waals surface area contributed by atoms with Crippen LogP contribution in [0.4, 0.5) is 0 Å². The lowest BCUT2D eigenvalue weighted by Crippen LogP contribution is -2.41. The van der Waals surface area contributed by atoms with Crippen LogP contribution in [0, 0.1) is 5.41 Å². The first-order valence-corrected chi connectivity index (χ1v) is 9.31. The second-order valence-corrected chi connectivity index (χ2v) is 7.14. The highest BCUT2D eigenvalue weighted by atomic mass is 127. The molecule has 1 aromatic heterocycles. The lowest BCUT2D eigenvalue weighted by molar-refractivity contribution is 0.156. The van der Waals surface area contributed by atoms with Crippen molar-refractivity contribution < 1.29 is 4.74 Å². The SMILES string of the molecule is CCNC(=NCCn1cnc2ccccc21)N1CCC2(CCOC2)C1.I. The minimum atomic E-state index is 0. The molecule has 6 nitrogen and oxygen atoms in total. The zero-order chi connectivity index (χ0) is 17.1. The Morgan fingerprint density at radius 2 is 2.23 bits per heavy atom. The Balaban J connectivity index is 0.00000196. The van der Waals surface area contributed by atoms with E-state index in [-0.39, 0.29) is 24.0 Å². The number of aliphatic imine (C=N–C) groups is 1. The summed E-state index contributed by atoms with van der Waals surface area (Å²) in [5.74, 6) is 1.04. The fourth-order valence-electron chi connectivity index (χ4n) is 3.97. The van der Waals surface area contributed by atoms with Gasteiger partial charge in [-0.3, -0.25) is 4.99 Å². The van der Waals surface area contributed by atoms with E-state index >= 15 is 0 Å². The maximum Gasteiger partial charge on any atom is 0.193 e. The molecule has 0 amide bonds. The van der Waals surface area contributed by atoms with Gasteiger partial charge in [0.05, 0.1) is 30.5 Å². The summed E-state index contributed by atoms with van der Waals surface area (Å²) in [5, 5.41) is 3.46. The molecule has 142 valence electrons. The normalized spacial score (nSPS) is 23.0. The molecule has 2 fully saturated rings. The first-order chi connectivity index (χ1) is 12.3. The quantitative estimate of drug-likeness (QED) is 0.425. The van der Waals surface area contributed by atoms with Gasteiger partial charge in [0.1, 0.15) is 0 Å². The maximum absolute atomic E-state index is 5.64. The van der Waals surface area contributed by atoms with Crippen LogP contribution in [0.2, 0.25) is 0 Å². The van der Waals surface area contributed by atoms with Crippen LogP contribution in [0.15, 0.2) is 35.6 Å². The van der Waals surface area contributed by atoms with Crippen LogP contribution < -0.4 is 5.32 Å². The zero-order valence-corrected chi connectivity index (χ0v) is 17.7. The number of guanidine groups is 1. The second-order valence-electron chi connectivity index (χ2n) is 7.14. The molecule has 2 aromatic rings. The van der Waals surface area contributed by atoms with Crippen molar-refractivity contribution in [3.63, 3.8) is 0 Å². The van der Waals surface area contributed by atoms with E-state index in [0.717, 1.165) is 57.4 Å². The molecule has 26 heavy (non-hydrogen) atoms. The van der Waals surface area contributed by atoms with Crippen molar-refractivity contribution in [2.75, 3.05) is 39.4 Å². The van der Waals surface area contributed by atoms with E-state index in [9.17, 15) is 0 Å². The minimum absolute atomic E-state index is 0. The lowest BCUT2D eigenvalue weighted by Gasteiger charge is -2.25. The Kier molecular flexibility index (Phi) is 6.39. The van der Waals surface area contributed by atoms with Gasteiger partial charge >= 0.3 is 0 Å². The third kappa shape index (κ3) is 3.98. The van der Waals surface area contributed by atoms with Gasteiger partial charge in [-0.15, -0.1) is 24.0 Å². The van der Waals surface area contributed by atoms with Crippen LogP contribution in [-0.4, -0.2) is 59.8 Å². The van der Waals surface area contributed by atoms with Crippen molar-refractivity contribution >= 4 is 41.0 Å². The number of imidazole rings is 1. The van der Waals surface area contributed by atoms with Gasteiger partial charge in [-0.25, -0.2) is 4.98 Å². The van der Waals surface area contributed by atoms with Crippen molar-refractivity contribution in [2.24, 2.45) is 10.4 Å². The molecule has 2 saturated heterocycles.